The van der Waals surface area contributed by atoms with Crippen LogP contribution in [0.1, 0.15) is 50.3 Å². The predicted octanol–water partition coefficient (Wildman–Crippen LogP) is 2.24. The largest absolute Gasteiger partial charge is 0.444 e. The van der Waals surface area contributed by atoms with E-state index in [9.17, 15) is 10.1 Å². The summed E-state index contributed by atoms with van der Waals surface area (Å²) in [4.78, 5) is 16.3. The molecule has 1 atom stereocenters. The average molecular weight is 247 g/mol. The van der Waals surface area contributed by atoms with Gasteiger partial charge in [-0.2, -0.15) is 5.26 Å². The lowest BCUT2D eigenvalue weighted by molar-refractivity contribution is -0.128. The summed E-state index contributed by atoms with van der Waals surface area (Å²) in [6.07, 6.45) is 4.79. The Kier molecular flexibility index (Phi) is 3.37. The highest BCUT2D eigenvalue weighted by atomic mass is 16.4. The second-order valence-corrected chi connectivity index (χ2v) is 4.91. The van der Waals surface area contributed by atoms with Gasteiger partial charge in [0.25, 0.3) is 0 Å². The van der Waals surface area contributed by atoms with Gasteiger partial charge in [-0.3, -0.25) is 4.79 Å². The first-order valence-corrected chi connectivity index (χ1v) is 6.22. The number of amides is 1. The van der Waals surface area contributed by atoms with Crippen LogP contribution in [0.3, 0.4) is 0 Å². The number of aryl methyl sites for hydroxylation is 1. The van der Waals surface area contributed by atoms with Gasteiger partial charge in [0.1, 0.15) is 17.2 Å². The van der Waals surface area contributed by atoms with Gasteiger partial charge in [-0.05, 0) is 26.7 Å². The summed E-state index contributed by atoms with van der Waals surface area (Å²) >= 11 is 0. The van der Waals surface area contributed by atoms with E-state index in [1.807, 2.05) is 6.92 Å². The number of oxazole rings is 1. The second-order valence-electron chi connectivity index (χ2n) is 4.91. The van der Waals surface area contributed by atoms with Crippen LogP contribution in [0.15, 0.2) is 10.6 Å². The molecule has 5 heteroatoms. The maximum atomic E-state index is 12.2. The topological polar surface area (TPSA) is 78.9 Å². The summed E-state index contributed by atoms with van der Waals surface area (Å²) < 4.78 is 5.37. The van der Waals surface area contributed by atoms with E-state index < -0.39 is 5.41 Å². The predicted molar refractivity (Wildman–Crippen MR) is 64.3 cm³/mol. The number of carbonyl (C=O) groups is 1. The highest BCUT2D eigenvalue weighted by Crippen LogP contribution is 2.38. The molecule has 1 aromatic rings. The van der Waals surface area contributed by atoms with E-state index in [0.717, 1.165) is 12.8 Å². The highest BCUT2D eigenvalue weighted by Gasteiger charge is 2.42. The zero-order valence-electron chi connectivity index (χ0n) is 10.7. The molecule has 0 aliphatic heterocycles. The lowest BCUT2D eigenvalue weighted by Crippen LogP contribution is -2.39. The van der Waals surface area contributed by atoms with Gasteiger partial charge in [0.2, 0.25) is 11.8 Å². The van der Waals surface area contributed by atoms with Gasteiger partial charge in [-0.15, -0.1) is 0 Å². The Morgan fingerprint density at radius 3 is 2.78 bits per heavy atom. The van der Waals surface area contributed by atoms with Gasteiger partial charge in [-0.1, -0.05) is 12.8 Å². The molecule has 1 aliphatic carbocycles. The third-order valence-electron chi connectivity index (χ3n) is 3.46. The molecule has 0 radical (unpaired) electrons. The Hall–Kier alpha value is -1.83. The summed E-state index contributed by atoms with van der Waals surface area (Å²) in [5, 5.41) is 12.1. The van der Waals surface area contributed by atoms with E-state index in [1.54, 1.807) is 13.1 Å². The van der Waals surface area contributed by atoms with Gasteiger partial charge >= 0.3 is 0 Å². The molecule has 1 saturated carbocycles. The van der Waals surface area contributed by atoms with Crippen molar-refractivity contribution in [1.82, 2.24) is 10.3 Å². The summed E-state index contributed by atoms with van der Waals surface area (Å²) in [7, 11) is 0. The van der Waals surface area contributed by atoms with E-state index in [-0.39, 0.29) is 11.9 Å². The fourth-order valence-corrected chi connectivity index (χ4v) is 2.34. The average Bonchev–Trinajstić information content (AvgIpc) is 2.97. The molecule has 5 nitrogen and oxygen atoms in total. The fourth-order valence-electron chi connectivity index (χ4n) is 2.34. The van der Waals surface area contributed by atoms with Crippen molar-refractivity contribution in [3.63, 3.8) is 0 Å². The van der Waals surface area contributed by atoms with E-state index in [1.165, 1.54) is 0 Å². The fraction of sp³-hybridized carbons (Fsp3) is 0.615. The molecule has 18 heavy (non-hydrogen) atoms. The Morgan fingerprint density at radius 2 is 2.28 bits per heavy atom. The lowest BCUT2D eigenvalue weighted by Gasteiger charge is -2.21. The van der Waals surface area contributed by atoms with Crippen LogP contribution < -0.4 is 5.32 Å². The third kappa shape index (κ3) is 2.23. The monoisotopic (exact) mass is 247 g/mol. The lowest BCUT2D eigenvalue weighted by atomic mass is 9.87. The molecule has 2 rings (SSSR count). The van der Waals surface area contributed by atoms with E-state index >= 15 is 0 Å². The van der Waals surface area contributed by atoms with E-state index in [0.29, 0.717) is 24.5 Å². The molecule has 0 aromatic carbocycles. The Bertz CT molecular complexity index is 481. The minimum absolute atomic E-state index is 0.203. The molecule has 1 N–H and O–H groups in total. The quantitative estimate of drug-likeness (QED) is 0.888. The molecule has 1 unspecified atom stereocenters. The number of nitrogens with one attached hydrogen (secondary N) is 1. The number of hydrogen-bond donors (Lipinski definition) is 1. The molecule has 96 valence electrons. The maximum absolute atomic E-state index is 12.2. The van der Waals surface area contributed by atoms with Crippen molar-refractivity contribution in [2.24, 2.45) is 5.41 Å². The maximum Gasteiger partial charge on any atom is 0.241 e. The van der Waals surface area contributed by atoms with Crippen molar-refractivity contribution in [2.45, 2.75) is 45.6 Å². The second kappa shape index (κ2) is 4.81. The van der Waals surface area contributed by atoms with E-state index in [2.05, 4.69) is 16.4 Å². The smallest absolute Gasteiger partial charge is 0.241 e. The van der Waals surface area contributed by atoms with Gasteiger partial charge in [0.15, 0.2) is 0 Å². The molecular weight excluding hydrogens is 230 g/mol. The Balaban J connectivity index is 2.05. The first kappa shape index (κ1) is 12.6. The number of nitrogens with zero attached hydrogens (tertiary/aromatic N) is 2. The summed E-state index contributed by atoms with van der Waals surface area (Å²) in [5.41, 5.74) is -0.851. The Labute approximate surface area is 106 Å². The standard InChI is InChI=1S/C13H17N3O2/c1-9-7-15-11(18-9)10(2)16-12(17)13(8-14)5-3-4-6-13/h7,10H,3-6H2,1-2H3,(H,16,17). The Morgan fingerprint density at radius 1 is 1.61 bits per heavy atom. The van der Waals surface area contributed by atoms with Crippen molar-refractivity contribution in [1.29, 1.82) is 5.26 Å². The van der Waals surface area contributed by atoms with Gasteiger partial charge in [0, 0.05) is 0 Å². The number of rotatable bonds is 3. The molecule has 0 saturated heterocycles. The molecule has 0 spiro atoms. The molecule has 0 bridgehead atoms. The number of carbonyl (C=O) groups excluding carboxylic acids is 1. The summed E-state index contributed by atoms with van der Waals surface area (Å²) in [5.74, 6) is 0.986. The van der Waals surface area contributed by atoms with Gasteiger partial charge < -0.3 is 9.73 Å². The van der Waals surface area contributed by atoms with Crippen molar-refractivity contribution in [3.8, 4) is 6.07 Å². The highest BCUT2D eigenvalue weighted by molar-refractivity contribution is 5.85. The van der Waals surface area contributed by atoms with Crippen LogP contribution in [0.25, 0.3) is 0 Å². The van der Waals surface area contributed by atoms with Crippen LogP contribution in [-0.2, 0) is 4.79 Å². The number of nitriles is 1. The van der Waals surface area contributed by atoms with Gasteiger partial charge in [-0.25, -0.2) is 4.98 Å². The number of hydrogen-bond acceptors (Lipinski definition) is 4. The minimum atomic E-state index is -0.851. The molecule has 1 heterocycles. The number of aromatic nitrogens is 1. The van der Waals surface area contributed by atoms with Crippen LogP contribution in [-0.4, -0.2) is 10.9 Å². The van der Waals surface area contributed by atoms with Crippen molar-refractivity contribution < 1.29 is 9.21 Å². The van der Waals surface area contributed by atoms with Crippen LogP contribution in [0.4, 0.5) is 0 Å². The van der Waals surface area contributed by atoms with Crippen LogP contribution in [0.5, 0.6) is 0 Å². The summed E-state index contributed by atoms with van der Waals surface area (Å²) in [6.45, 7) is 3.61. The third-order valence-corrected chi connectivity index (χ3v) is 3.46. The van der Waals surface area contributed by atoms with E-state index in [4.69, 9.17) is 4.42 Å². The zero-order valence-corrected chi connectivity index (χ0v) is 10.7. The first-order chi connectivity index (χ1) is 8.57. The molecule has 1 fully saturated rings. The first-order valence-electron chi connectivity index (χ1n) is 6.22. The molecular formula is C13H17N3O2. The van der Waals surface area contributed by atoms with Crippen LogP contribution in [0, 0.1) is 23.7 Å². The van der Waals surface area contributed by atoms with Crippen LogP contribution >= 0.6 is 0 Å². The SMILES string of the molecule is Cc1cnc(C(C)NC(=O)C2(C#N)CCCC2)o1. The van der Waals surface area contributed by atoms with Gasteiger partial charge in [0.05, 0.1) is 12.3 Å². The summed E-state index contributed by atoms with van der Waals surface area (Å²) in [6, 6.07) is 1.87. The molecule has 1 aromatic heterocycles. The van der Waals surface area contributed by atoms with Crippen LogP contribution in [0.2, 0.25) is 0 Å². The molecule has 1 amide bonds. The normalized spacial score (nSPS) is 19.2. The van der Waals surface area contributed by atoms with Crippen molar-refractivity contribution in [2.75, 3.05) is 0 Å². The zero-order chi connectivity index (χ0) is 13.2. The minimum Gasteiger partial charge on any atom is -0.444 e. The molecule has 1 aliphatic rings. The van der Waals surface area contributed by atoms with Crippen molar-refractivity contribution >= 4 is 5.91 Å². The van der Waals surface area contributed by atoms with Crippen molar-refractivity contribution in [3.05, 3.63) is 17.8 Å².